The second-order valence-corrected chi connectivity index (χ2v) is 20.7. The van der Waals surface area contributed by atoms with Crippen molar-refractivity contribution in [2.75, 3.05) is 58.4 Å². The van der Waals surface area contributed by atoms with Gasteiger partial charge in [-0.15, -0.1) is 0 Å². The summed E-state index contributed by atoms with van der Waals surface area (Å²) in [7, 11) is -10.7. The van der Waals surface area contributed by atoms with Crippen LogP contribution in [0.4, 0.5) is 0 Å². The molecule has 4 saturated carbocycles. The largest absolute Gasteiger partial charge is 0.376 e. The number of hydrogen-bond donors (Lipinski definition) is 0. The van der Waals surface area contributed by atoms with Crippen LogP contribution in [0.5, 0.6) is 0 Å². The van der Waals surface area contributed by atoms with Gasteiger partial charge in [-0.1, -0.05) is 47.0 Å². The van der Waals surface area contributed by atoms with Crippen molar-refractivity contribution in [2.24, 2.45) is 46.3 Å². The lowest BCUT2D eigenvalue weighted by Crippen LogP contribution is -2.63. The van der Waals surface area contributed by atoms with Crippen LogP contribution in [0.15, 0.2) is 0 Å². The lowest BCUT2D eigenvalue weighted by molar-refractivity contribution is -0.229. The number of fused-ring (bicyclic) bond motifs is 5. The van der Waals surface area contributed by atoms with Crippen LogP contribution in [0.2, 0.25) is 0 Å². The Morgan fingerprint density at radius 1 is 0.694 bits per heavy atom. The molecule has 0 N–H and O–H groups in total. The van der Waals surface area contributed by atoms with Crippen LogP contribution < -0.4 is 0 Å². The summed E-state index contributed by atoms with van der Waals surface area (Å²) in [4.78, 5) is 0. The molecule has 4 aliphatic carbocycles. The molecule has 0 bridgehead atoms. The highest BCUT2D eigenvalue weighted by atomic mass is 32.2. The molecule has 12 nitrogen and oxygen atoms in total. The van der Waals surface area contributed by atoms with Crippen molar-refractivity contribution in [3.8, 4) is 0 Å². The highest BCUT2D eigenvalue weighted by molar-refractivity contribution is 7.86. The first kappa shape index (κ1) is 41.4. The van der Waals surface area contributed by atoms with Crippen LogP contribution in [0.3, 0.4) is 0 Å². The van der Waals surface area contributed by atoms with E-state index in [1.165, 1.54) is 6.42 Å². The molecule has 0 aromatic carbocycles. The molecule has 0 aromatic heterocycles. The molecule has 0 amide bonds. The van der Waals surface area contributed by atoms with Gasteiger partial charge < -0.3 is 14.2 Å². The molecule has 4 fully saturated rings. The van der Waals surface area contributed by atoms with Crippen molar-refractivity contribution in [3.63, 3.8) is 0 Å². The van der Waals surface area contributed by atoms with Gasteiger partial charge in [0.25, 0.3) is 30.4 Å². The van der Waals surface area contributed by atoms with E-state index in [1.54, 1.807) is 0 Å². The standard InChI is InChI=1S/C34H62O12S3/c1-8-9-10-24(2)27-11-12-28-32-29(23-31(34(27,28)4)43-17-20-46-49(7,39)40)33(3)14-13-26(41-15-18-44-47(5,35)36)21-25(33)22-30(32)42-16-19-45-48(6,37)38/h24-32H,8-23H2,1-7H3/t24-,25+,26+,27-,28+,29+,30-,31+,32+,33+,34-/m1/s1. The van der Waals surface area contributed by atoms with E-state index in [9.17, 15) is 25.3 Å². The second-order valence-electron chi connectivity index (χ2n) is 15.7. The van der Waals surface area contributed by atoms with Gasteiger partial charge in [0.05, 0.1) is 76.7 Å². The molecule has 0 radical (unpaired) electrons. The van der Waals surface area contributed by atoms with Crippen molar-refractivity contribution < 1.29 is 52.0 Å². The van der Waals surface area contributed by atoms with Crippen LogP contribution in [-0.2, 0) is 57.1 Å². The third-order valence-electron chi connectivity index (χ3n) is 12.6. The zero-order valence-electron chi connectivity index (χ0n) is 30.6. The van der Waals surface area contributed by atoms with Crippen LogP contribution in [0.1, 0.15) is 91.9 Å². The van der Waals surface area contributed by atoms with Crippen molar-refractivity contribution in [1.82, 2.24) is 0 Å². The summed E-state index contributed by atoms with van der Waals surface area (Å²) >= 11 is 0. The Morgan fingerprint density at radius 3 is 1.84 bits per heavy atom. The smallest absolute Gasteiger partial charge is 0.264 e. The number of hydrogen-bond acceptors (Lipinski definition) is 12. The normalized spacial score (nSPS) is 37.3. The first-order chi connectivity index (χ1) is 22.8. The topological polar surface area (TPSA) is 158 Å². The highest BCUT2D eigenvalue weighted by Gasteiger charge is 2.66. The molecule has 4 aliphatic rings. The van der Waals surface area contributed by atoms with Crippen LogP contribution >= 0.6 is 0 Å². The van der Waals surface area contributed by atoms with Gasteiger partial charge in [-0.2, -0.15) is 25.3 Å². The Bertz CT molecular complexity index is 1400. The molecule has 0 aliphatic heterocycles. The number of ether oxygens (including phenoxy) is 3. The third kappa shape index (κ3) is 10.6. The minimum atomic E-state index is -3.59. The molecule has 15 heteroatoms. The predicted octanol–water partition coefficient (Wildman–Crippen LogP) is 4.78. The van der Waals surface area contributed by atoms with Gasteiger partial charge in [0, 0.05) is 5.41 Å². The fraction of sp³-hybridized carbons (Fsp3) is 1.00. The van der Waals surface area contributed by atoms with E-state index in [-0.39, 0.29) is 86.5 Å². The third-order valence-corrected chi connectivity index (χ3v) is 14.4. The Labute approximate surface area is 296 Å². The van der Waals surface area contributed by atoms with E-state index in [4.69, 9.17) is 26.8 Å². The van der Waals surface area contributed by atoms with Gasteiger partial charge in [-0.25, -0.2) is 0 Å². The van der Waals surface area contributed by atoms with Gasteiger partial charge in [0.2, 0.25) is 0 Å². The quantitative estimate of drug-likeness (QED) is 0.131. The van der Waals surface area contributed by atoms with Crippen molar-refractivity contribution in [3.05, 3.63) is 0 Å². The molecular formula is C34H62O12S3. The van der Waals surface area contributed by atoms with Gasteiger partial charge in [-0.05, 0) is 85.9 Å². The van der Waals surface area contributed by atoms with E-state index in [0.717, 1.165) is 76.6 Å². The minimum absolute atomic E-state index is 0.0188. The van der Waals surface area contributed by atoms with Crippen LogP contribution in [-0.4, -0.2) is 102 Å². The fourth-order valence-corrected chi connectivity index (χ4v) is 11.6. The zero-order chi connectivity index (χ0) is 36.3. The maximum atomic E-state index is 11.7. The molecule has 4 rings (SSSR count). The number of unbranched alkanes of at least 4 members (excludes halogenated alkanes) is 1. The van der Waals surface area contributed by atoms with Gasteiger partial charge in [0.1, 0.15) is 0 Å². The first-order valence-electron chi connectivity index (χ1n) is 18.2. The van der Waals surface area contributed by atoms with E-state index < -0.39 is 30.4 Å². The molecule has 0 aromatic rings. The Hall–Kier alpha value is -0.390. The van der Waals surface area contributed by atoms with E-state index in [0.29, 0.717) is 17.8 Å². The highest BCUT2D eigenvalue weighted by Crippen LogP contribution is 2.69. The van der Waals surface area contributed by atoms with Crippen LogP contribution in [0, 0.1) is 46.3 Å². The molecule has 0 heterocycles. The van der Waals surface area contributed by atoms with Gasteiger partial charge in [0.15, 0.2) is 0 Å². The summed E-state index contributed by atoms with van der Waals surface area (Å²) in [6, 6.07) is 0. The summed E-state index contributed by atoms with van der Waals surface area (Å²) in [5.41, 5.74) is -0.164. The maximum absolute atomic E-state index is 11.7. The zero-order valence-corrected chi connectivity index (χ0v) is 33.1. The van der Waals surface area contributed by atoms with E-state index in [2.05, 4.69) is 27.7 Å². The molecule has 0 unspecified atom stereocenters. The number of rotatable bonds is 19. The van der Waals surface area contributed by atoms with E-state index >= 15 is 0 Å². The molecule has 49 heavy (non-hydrogen) atoms. The fourth-order valence-electron chi connectivity index (χ4n) is 10.5. The SMILES string of the molecule is CCCC[C@@H](C)[C@H]1CC[C@H]2[C@@H]3[C@H](OCCOS(C)(=O)=O)C[C@@H]4C[C@@H](OCCOS(C)(=O)=O)CC[C@]4(C)[C@H]3C[C@H](OCCOS(C)(=O)=O)[C@]12C. The lowest BCUT2D eigenvalue weighted by Gasteiger charge is -2.64. The van der Waals surface area contributed by atoms with Crippen molar-refractivity contribution in [2.45, 2.75) is 110 Å². The summed E-state index contributed by atoms with van der Waals surface area (Å²) in [5.74, 6) is 2.07. The summed E-state index contributed by atoms with van der Waals surface area (Å²) in [6.07, 6.45) is 12.8. The molecule has 0 spiro atoms. The molecular weight excluding hydrogens is 697 g/mol. The average molecular weight is 759 g/mol. The van der Waals surface area contributed by atoms with Gasteiger partial charge in [-0.3, -0.25) is 12.5 Å². The lowest BCUT2D eigenvalue weighted by atomic mass is 9.43. The Kier molecular flexibility index (Phi) is 14.1. The summed E-state index contributed by atoms with van der Waals surface area (Å²) < 4.78 is 104. The summed E-state index contributed by atoms with van der Waals surface area (Å²) in [5, 5.41) is 0. The van der Waals surface area contributed by atoms with Crippen molar-refractivity contribution >= 4 is 30.4 Å². The van der Waals surface area contributed by atoms with E-state index in [1.807, 2.05) is 0 Å². The predicted molar refractivity (Wildman–Crippen MR) is 186 cm³/mol. The van der Waals surface area contributed by atoms with Crippen LogP contribution in [0.25, 0.3) is 0 Å². The molecule has 11 atom stereocenters. The molecule has 0 saturated heterocycles. The summed E-state index contributed by atoms with van der Waals surface area (Å²) in [6.45, 7) is 9.90. The Morgan fingerprint density at radius 2 is 1.27 bits per heavy atom. The Balaban J connectivity index is 1.62. The maximum Gasteiger partial charge on any atom is 0.264 e. The minimum Gasteiger partial charge on any atom is -0.376 e. The first-order valence-corrected chi connectivity index (χ1v) is 23.6. The van der Waals surface area contributed by atoms with Gasteiger partial charge >= 0.3 is 0 Å². The molecule has 288 valence electrons. The van der Waals surface area contributed by atoms with Crippen molar-refractivity contribution in [1.29, 1.82) is 0 Å². The average Bonchev–Trinajstić information content (AvgIpc) is 3.35. The second kappa shape index (κ2) is 16.7. The monoisotopic (exact) mass is 758 g/mol.